The molecule has 0 fully saturated rings. The zero-order valence-corrected chi connectivity index (χ0v) is 18.5. The molecule has 7 nitrogen and oxygen atoms in total. The number of nitrogens with zero attached hydrogens (tertiary/aromatic N) is 4. The monoisotopic (exact) mass is 444 g/mol. The normalized spacial score (nSPS) is 10.9. The third kappa shape index (κ3) is 4.75. The molecule has 28 heavy (non-hydrogen) atoms. The molecule has 0 atom stereocenters. The van der Waals surface area contributed by atoms with Crippen molar-refractivity contribution >= 4 is 56.6 Å². The molecular formula is C18H22Cl2N4O3S. The number of hydrogen-bond donors (Lipinski definition) is 0. The molecule has 0 spiro atoms. The summed E-state index contributed by atoms with van der Waals surface area (Å²) in [5, 5.41) is 4.94. The number of aromatic nitrogens is 2. The molecule has 0 bridgehead atoms. The molecule has 0 unspecified atom stereocenters. The summed E-state index contributed by atoms with van der Waals surface area (Å²) in [7, 11) is 5.57. The Hall–Kier alpha value is -1.87. The van der Waals surface area contributed by atoms with Crippen molar-refractivity contribution in [3.05, 3.63) is 34.7 Å². The van der Waals surface area contributed by atoms with Crippen molar-refractivity contribution in [2.45, 2.75) is 13.3 Å². The van der Waals surface area contributed by atoms with Gasteiger partial charge in [-0.05, 0) is 46.1 Å². The number of amides is 1. The van der Waals surface area contributed by atoms with Gasteiger partial charge in [0.15, 0.2) is 5.13 Å². The maximum atomic E-state index is 13.0. The van der Waals surface area contributed by atoms with Gasteiger partial charge in [0.1, 0.15) is 11.3 Å². The van der Waals surface area contributed by atoms with Crippen LogP contribution in [0, 0.1) is 6.92 Å². The average Bonchev–Trinajstić information content (AvgIpc) is 3.25. The van der Waals surface area contributed by atoms with E-state index in [0.717, 1.165) is 17.7 Å². The fraction of sp³-hybridized carbons (Fsp3) is 0.389. The lowest BCUT2D eigenvalue weighted by molar-refractivity contribution is 0.0950. The molecule has 2 aromatic heterocycles. The van der Waals surface area contributed by atoms with E-state index < -0.39 is 0 Å². The zero-order valence-electron chi connectivity index (χ0n) is 16.1. The fourth-order valence-electron chi connectivity index (χ4n) is 2.65. The first-order valence-corrected chi connectivity index (χ1v) is 9.63. The molecule has 1 amide bonds. The van der Waals surface area contributed by atoms with Crippen molar-refractivity contribution in [3.8, 4) is 5.75 Å². The van der Waals surface area contributed by atoms with Crippen LogP contribution in [-0.2, 0) is 0 Å². The molecule has 0 saturated heterocycles. The zero-order chi connectivity index (χ0) is 19.6. The number of halogens is 2. The minimum Gasteiger partial charge on any atom is -0.494 e. The number of aryl methyl sites for hydroxylation is 1. The predicted molar refractivity (Wildman–Crippen MR) is 115 cm³/mol. The number of carbonyl (C=O) groups excluding carboxylic acids is 1. The molecule has 0 saturated carbocycles. The van der Waals surface area contributed by atoms with Gasteiger partial charge in [0.05, 0.1) is 22.5 Å². The van der Waals surface area contributed by atoms with E-state index in [1.807, 2.05) is 14.1 Å². The van der Waals surface area contributed by atoms with Gasteiger partial charge in [-0.25, -0.2) is 4.98 Å². The summed E-state index contributed by atoms with van der Waals surface area (Å²) >= 11 is 7.68. The summed E-state index contributed by atoms with van der Waals surface area (Å²) < 4.78 is 11.3. The number of rotatable bonds is 7. The topological polar surface area (TPSA) is 71.7 Å². The number of ether oxygens (including phenoxy) is 1. The second-order valence-electron chi connectivity index (χ2n) is 6.37. The molecule has 1 aromatic carbocycles. The Labute approximate surface area is 178 Å². The van der Waals surface area contributed by atoms with Gasteiger partial charge >= 0.3 is 0 Å². The third-order valence-electron chi connectivity index (χ3n) is 3.97. The highest BCUT2D eigenvalue weighted by molar-refractivity contribution is 7.23. The number of thiazole rings is 1. The number of methoxy groups -OCH3 is 1. The second-order valence-corrected chi connectivity index (χ2v) is 7.75. The van der Waals surface area contributed by atoms with Gasteiger partial charge in [-0.3, -0.25) is 9.69 Å². The first-order chi connectivity index (χ1) is 12.9. The van der Waals surface area contributed by atoms with Crippen LogP contribution in [0.15, 0.2) is 22.7 Å². The van der Waals surface area contributed by atoms with Crippen LogP contribution in [0.5, 0.6) is 5.75 Å². The van der Waals surface area contributed by atoms with Crippen LogP contribution in [0.1, 0.15) is 22.7 Å². The molecule has 0 aliphatic rings. The van der Waals surface area contributed by atoms with Crippen LogP contribution < -0.4 is 9.64 Å². The SMILES string of the molecule is COc1ccc(Cl)c2sc(N(CCCN(C)C)C(=O)c3cc(C)no3)nc12.Cl. The molecule has 3 rings (SSSR count). The number of anilines is 1. The quantitative estimate of drug-likeness (QED) is 0.541. The number of carbonyl (C=O) groups is 1. The Morgan fingerprint density at radius 3 is 2.68 bits per heavy atom. The Morgan fingerprint density at radius 2 is 2.07 bits per heavy atom. The van der Waals surface area contributed by atoms with Gasteiger partial charge in [-0.1, -0.05) is 28.1 Å². The fourth-order valence-corrected chi connectivity index (χ4v) is 3.93. The molecule has 10 heteroatoms. The van der Waals surface area contributed by atoms with E-state index in [0.29, 0.717) is 33.7 Å². The molecular weight excluding hydrogens is 423 g/mol. The van der Waals surface area contributed by atoms with Crippen LogP contribution in [0.3, 0.4) is 0 Å². The van der Waals surface area contributed by atoms with Gasteiger partial charge in [0.25, 0.3) is 5.91 Å². The first kappa shape index (κ1) is 22.4. The summed E-state index contributed by atoms with van der Waals surface area (Å²) in [4.78, 5) is 21.3. The first-order valence-electron chi connectivity index (χ1n) is 8.43. The van der Waals surface area contributed by atoms with Gasteiger partial charge < -0.3 is 14.2 Å². The molecule has 0 aliphatic heterocycles. The van der Waals surface area contributed by atoms with Crippen LogP contribution in [-0.4, -0.2) is 55.2 Å². The van der Waals surface area contributed by atoms with Crippen molar-refractivity contribution in [2.24, 2.45) is 0 Å². The number of benzene rings is 1. The van der Waals surface area contributed by atoms with E-state index in [9.17, 15) is 4.79 Å². The minimum absolute atomic E-state index is 0. The van der Waals surface area contributed by atoms with Gasteiger partial charge in [0, 0.05) is 12.6 Å². The van der Waals surface area contributed by atoms with E-state index in [2.05, 4.69) is 15.0 Å². The summed E-state index contributed by atoms with van der Waals surface area (Å²) in [6.07, 6.45) is 0.784. The molecule has 3 aromatic rings. The predicted octanol–water partition coefficient (Wildman–Crippen LogP) is 4.28. The van der Waals surface area contributed by atoms with Crippen LogP contribution in [0.4, 0.5) is 5.13 Å². The van der Waals surface area contributed by atoms with E-state index in [1.54, 1.807) is 37.1 Å². The van der Waals surface area contributed by atoms with E-state index in [-0.39, 0.29) is 24.1 Å². The van der Waals surface area contributed by atoms with Crippen LogP contribution >= 0.6 is 35.3 Å². The lowest BCUT2D eigenvalue weighted by Gasteiger charge is -2.19. The summed E-state index contributed by atoms with van der Waals surface area (Å²) in [5.41, 5.74) is 1.30. The van der Waals surface area contributed by atoms with Crippen molar-refractivity contribution in [3.63, 3.8) is 0 Å². The van der Waals surface area contributed by atoms with E-state index in [4.69, 9.17) is 20.9 Å². The van der Waals surface area contributed by atoms with Crippen molar-refractivity contribution in [1.29, 1.82) is 0 Å². The third-order valence-corrected chi connectivity index (χ3v) is 5.51. The van der Waals surface area contributed by atoms with Crippen LogP contribution in [0.2, 0.25) is 5.02 Å². The number of hydrogen-bond acceptors (Lipinski definition) is 7. The standard InChI is InChI=1S/C18H21ClN4O3S.ClH/c1-11-10-14(26-21-11)17(24)23(9-5-8-22(2)3)18-20-15-13(25-4)7-6-12(19)16(15)27-18;/h6-7,10H,5,8-9H2,1-4H3;1H. The Morgan fingerprint density at radius 1 is 1.32 bits per heavy atom. The smallest absolute Gasteiger partial charge is 0.298 e. The summed E-state index contributed by atoms with van der Waals surface area (Å²) in [6.45, 7) is 3.11. The lowest BCUT2D eigenvalue weighted by Crippen LogP contribution is -2.33. The molecule has 0 N–H and O–H groups in total. The minimum atomic E-state index is -0.275. The second kappa shape index (κ2) is 9.56. The summed E-state index contributed by atoms with van der Waals surface area (Å²) in [5.74, 6) is 0.534. The molecule has 2 heterocycles. The maximum absolute atomic E-state index is 13.0. The largest absolute Gasteiger partial charge is 0.494 e. The van der Waals surface area contributed by atoms with Gasteiger partial charge in [-0.15, -0.1) is 12.4 Å². The van der Waals surface area contributed by atoms with Crippen LogP contribution in [0.25, 0.3) is 10.2 Å². The number of fused-ring (bicyclic) bond motifs is 1. The Balaban J connectivity index is 0.00000280. The Kier molecular flexibility index (Phi) is 7.65. The van der Waals surface area contributed by atoms with Crippen molar-refractivity contribution in [2.75, 3.05) is 39.2 Å². The maximum Gasteiger partial charge on any atom is 0.298 e. The van der Waals surface area contributed by atoms with Gasteiger partial charge in [-0.2, -0.15) is 0 Å². The highest BCUT2D eigenvalue weighted by Gasteiger charge is 2.25. The average molecular weight is 445 g/mol. The van der Waals surface area contributed by atoms with Gasteiger partial charge in [0.2, 0.25) is 5.76 Å². The Bertz CT molecular complexity index is 958. The summed E-state index contributed by atoms with van der Waals surface area (Å²) in [6, 6.07) is 5.16. The lowest BCUT2D eigenvalue weighted by atomic mass is 10.3. The molecule has 152 valence electrons. The molecule has 0 aliphatic carbocycles. The van der Waals surface area contributed by atoms with Crippen molar-refractivity contribution < 1.29 is 14.1 Å². The highest BCUT2D eigenvalue weighted by Crippen LogP contribution is 2.39. The van der Waals surface area contributed by atoms with Crippen molar-refractivity contribution in [1.82, 2.24) is 15.0 Å². The highest BCUT2D eigenvalue weighted by atomic mass is 35.5. The van der Waals surface area contributed by atoms with E-state index >= 15 is 0 Å². The molecule has 0 radical (unpaired) electrons. The van der Waals surface area contributed by atoms with E-state index in [1.165, 1.54) is 11.3 Å².